The topological polar surface area (TPSA) is 70.0 Å². The molecule has 0 saturated carbocycles. The maximum absolute atomic E-state index is 11.2. The van der Waals surface area contributed by atoms with Crippen LogP contribution in [-0.2, 0) is 11.3 Å². The molecule has 1 saturated heterocycles. The summed E-state index contributed by atoms with van der Waals surface area (Å²) in [7, 11) is 0. The Morgan fingerprint density at radius 3 is 2.82 bits per heavy atom. The van der Waals surface area contributed by atoms with Gasteiger partial charge >= 0.3 is 5.97 Å². The number of likely N-dealkylation sites (tertiary alicyclic amines) is 1. The predicted molar refractivity (Wildman–Crippen MR) is 84.5 cm³/mol. The Bertz CT molecular complexity index is 549. The van der Waals surface area contributed by atoms with E-state index in [1.807, 2.05) is 6.92 Å². The minimum absolute atomic E-state index is 0.0531. The van der Waals surface area contributed by atoms with Gasteiger partial charge in [-0.3, -0.25) is 9.69 Å². The van der Waals surface area contributed by atoms with Gasteiger partial charge < -0.3 is 14.9 Å². The van der Waals surface area contributed by atoms with Crippen molar-refractivity contribution in [3.63, 3.8) is 0 Å². The van der Waals surface area contributed by atoms with Gasteiger partial charge in [-0.1, -0.05) is 18.5 Å². The number of ether oxygens (including phenoxy) is 1. The lowest BCUT2D eigenvalue weighted by molar-refractivity contribution is -0.144. The maximum Gasteiger partial charge on any atom is 0.307 e. The van der Waals surface area contributed by atoms with Crippen molar-refractivity contribution in [2.45, 2.75) is 26.8 Å². The number of carboxylic acids is 1. The summed E-state index contributed by atoms with van der Waals surface area (Å²) in [6.07, 6.45) is 0.715. The van der Waals surface area contributed by atoms with Gasteiger partial charge in [0, 0.05) is 19.6 Å². The lowest BCUT2D eigenvalue weighted by Gasteiger charge is -2.34. The highest BCUT2D eigenvalue weighted by atomic mass is 35.5. The SMILES string of the molecule is CCOc1cc(CN2CC(C)CC(C(=O)O)C2)cc(Cl)c1O. The van der Waals surface area contributed by atoms with E-state index < -0.39 is 5.97 Å². The first-order valence-electron chi connectivity index (χ1n) is 7.50. The summed E-state index contributed by atoms with van der Waals surface area (Å²) in [5.74, 6) is -0.417. The van der Waals surface area contributed by atoms with Crippen LogP contribution < -0.4 is 4.74 Å². The molecule has 2 N–H and O–H groups in total. The van der Waals surface area contributed by atoms with Crippen molar-refractivity contribution in [2.75, 3.05) is 19.7 Å². The van der Waals surface area contributed by atoms with E-state index in [1.54, 1.807) is 12.1 Å². The van der Waals surface area contributed by atoms with Crippen molar-refractivity contribution in [1.82, 2.24) is 4.90 Å². The van der Waals surface area contributed by atoms with E-state index in [0.29, 0.717) is 37.8 Å². The van der Waals surface area contributed by atoms with Crippen LogP contribution >= 0.6 is 11.6 Å². The second kappa shape index (κ2) is 7.20. The van der Waals surface area contributed by atoms with E-state index >= 15 is 0 Å². The van der Waals surface area contributed by atoms with Crippen LogP contribution in [0, 0.1) is 11.8 Å². The second-order valence-corrected chi connectivity index (χ2v) is 6.33. The Morgan fingerprint density at radius 1 is 1.45 bits per heavy atom. The van der Waals surface area contributed by atoms with Gasteiger partial charge in [0.2, 0.25) is 0 Å². The number of phenols is 1. The molecular weight excluding hydrogens is 306 g/mol. The number of phenolic OH excluding ortho intramolecular Hbond substituents is 1. The van der Waals surface area contributed by atoms with Crippen molar-refractivity contribution in [3.05, 3.63) is 22.7 Å². The van der Waals surface area contributed by atoms with Crippen LogP contribution in [-0.4, -0.2) is 40.8 Å². The average Bonchev–Trinajstić information content (AvgIpc) is 2.43. The van der Waals surface area contributed by atoms with Gasteiger partial charge in [0.15, 0.2) is 11.5 Å². The standard InChI is InChI=1S/C16H22ClNO4/c1-3-22-14-6-11(5-13(17)15(14)19)8-18-7-10(2)4-12(9-18)16(20)21/h5-6,10,12,19H,3-4,7-9H2,1-2H3,(H,20,21). The smallest absolute Gasteiger partial charge is 0.307 e. The Kier molecular flexibility index (Phi) is 5.53. The molecule has 22 heavy (non-hydrogen) atoms. The molecular formula is C16H22ClNO4. The fourth-order valence-corrected chi connectivity index (χ4v) is 3.25. The fraction of sp³-hybridized carbons (Fsp3) is 0.562. The summed E-state index contributed by atoms with van der Waals surface area (Å²) in [5.41, 5.74) is 0.907. The highest BCUT2D eigenvalue weighted by Crippen LogP contribution is 2.36. The highest BCUT2D eigenvalue weighted by molar-refractivity contribution is 6.32. The van der Waals surface area contributed by atoms with E-state index in [4.69, 9.17) is 16.3 Å². The Balaban J connectivity index is 2.14. The third-order valence-corrected chi connectivity index (χ3v) is 4.17. The molecule has 0 radical (unpaired) electrons. The number of halogens is 1. The summed E-state index contributed by atoms with van der Waals surface area (Å²) < 4.78 is 5.38. The molecule has 1 aliphatic heterocycles. The van der Waals surface area contributed by atoms with Crippen LogP contribution in [0.3, 0.4) is 0 Å². The zero-order valence-corrected chi connectivity index (χ0v) is 13.6. The van der Waals surface area contributed by atoms with Crippen LogP contribution in [0.2, 0.25) is 5.02 Å². The molecule has 122 valence electrons. The van der Waals surface area contributed by atoms with E-state index in [1.165, 1.54) is 0 Å². The number of aromatic hydroxyl groups is 1. The average molecular weight is 328 g/mol. The van der Waals surface area contributed by atoms with Crippen LogP contribution in [0.15, 0.2) is 12.1 Å². The van der Waals surface area contributed by atoms with Gasteiger partial charge in [-0.2, -0.15) is 0 Å². The summed E-state index contributed by atoms with van der Waals surface area (Å²) in [6.45, 7) is 6.32. The minimum atomic E-state index is -0.740. The number of hydrogen-bond donors (Lipinski definition) is 2. The second-order valence-electron chi connectivity index (χ2n) is 5.93. The van der Waals surface area contributed by atoms with E-state index in [9.17, 15) is 15.0 Å². The van der Waals surface area contributed by atoms with Crippen LogP contribution in [0.25, 0.3) is 0 Å². The first kappa shape index (κ1) is 16.9. The summed E-state index contributed by atoms with van der Waals surface area (Å²) >= 11 is 6.04. The number of aliphatic carboxylic acids is 1. The molecule has 1 aromatic rings. The Morgan fingerprint density at radius 2 is 2.18 bits per heavy atom. The Hall–Kier alpha value is -1.46. The molecule has 1 aromatic carbocycles. The van der Waals surface area contributed by atoms with Crippen molar-refractivity contribution in [3.8, 4) is 11.5 Å². The van der Waals surface area contributed by atoms with Crippen LogP contribution in [0.5, 0.6) is 11.5 Å². The van der Waals surface area contributed by atoms with Gasteiger partial charge in [-0.15, -0.1) is 0 Å². The van der Waals surface area contributed by atoms with E-state index in [0.717, 1.165) is 12.1 Å². The van der Waals surface area contributed by atoms with Crippen molar-refractivity contribution >= 4 is 17.6 Å². The lowest BCUT2D eigenvalue weighted by Crippen LogP contribution is -2.41. The number of hydrogen-bond acceptors (Lipinski definition) is 4. The summed E-state index contributed by atoms with van der Waals surface area (Å²) in [4.78, 5) is 13.4. The molecule has 0 aromatic heterocycles. The molecule has 2 unspecified atom stereocenters. The number of benzene rings is 1. The molecule has 1 heterocycles. The minimum Gasteiger partial charge on any atom is -0.503 e. The lowest BCUT2D eigenvalue weighted by atomic mass is 9.90. The van der Waals surface area contributed by atoms with Crippen molar-refractivity contribution in [2.24, 2.45) is 11.8 Å². The predicted octanol–water partition coefficient (Wildman–Crippen LogP) is 2.99. The molecule has 6 heteroatoms. The zero-order chi connectivity index (χ0) is 16.3. The monoisotopic (exact) mass is 327 g/mol. The number of carboxylic acid groups (broad SMARTS) is 1. The van der Waals surface area contributed by atoms with E-state index in [-0.39, 0.29) is 16.7 Å². The Labute approximate surface area is 135 Å². The molecule has 1 fully saturated rings. The molecule has 0 aliphatic carbocycles. The van der Waals surface area contributed by atoms with E-state index in [2.05, 4.69) is 11.8 Å². The van der Waals surface area contributed by atoms with Crippen molar-refractivity contribution < 1.29 is 19.7 Å². The molecule has 0 bridgehead atoms. The van der Waals surface area contributed by atoms with Crippen molar-refractivity contribution in [1.29, 1.82) is 0 Å². The number of rotatable bonds is 5. The zero-order valence-electron chi connectivity index (χ0n) is 12.9. The quantitative estimate of drug-likeness (QED) is 0.870. The summed E-state index contributed by atoms with van der Waals surface area (Å²) in [6, 6.07) is 3.47. The molecule has 0 spiro atoms. The first-order valence-corrected chi connectivity index (χ1v) is 7.87. The normalized spacial score (nSPS) is 22.5. The third-order valence-electron chi connectivity index (χ3n) is 3.88. The number of piperidine rings is 1. The highest BCUT2D eigenvalue weighted by Gasteiger charge is 2.29. The molecule has 2 atom stereocenters. The third kappa shape index (κ3) is 4.05. The first-order chi connectivity index (χ1) is 10.4. The number of nitrogens with zero attached hydrogens (tertiary/aromatic N) is 1. The largest absolute Gasteiger partial charge is 0.503 e. The van der Waals surface area contributed by atoms with Gasteiger partial charge in [-0.05, 0) is 37.0 Å². The maximum atomic E-state index is 11.2. The number of carbonyl (C=O) groups is 1. The van der Waals surface area contributed by atoms with Crippen LogP contribution in [0.4, 0.5) is 0 Å². The van der Waals surface area contributed by atoms with Crippen LogP contribution in [0.1, 0.15) is 25.8 Å². The van der Waals surface area contributed by atoms with Gasteiger partial charge in [0.25, 0.3) is 0 Å². The molecule has 5 nitrogen and oxygen atoms in total. The van der Waals surface area contributed by atoms with Gasteiger partial charge in [0.05, 0.1) is 17.5 Å². The fourth-order valence-electron chi connectivity index (χ4n) is 3.01. The van der Waals surface area contributed by atoms with Gasteiger partial charge in [-0.25, -0.2) is 0 Å². The molecule has 1 aliphatic rings. The molecule has 2 rings (SSSR count). The summed E-state index contributed by atoms with van der Waals surface area (Å²) in [5, 5.41) is 19.4. The molecule has 0 amide bonds. The van der Waals surface area contributed by atoms with Gasteiger partial charge in [0.1, 0.15) is 0 Å².